The highest BCUT2D eigenvalue weighted by Crippen LogP contribution is 2.31. The number of rotatable bonds is 6. The number of carbonyl (C=O) groups excluding carboxylic acids is 2. The zero-order chi connectivity index (χ0) is 21.1. The van der Waals surface area contributed by atoms with E-state index >= 15 is 0 Å². The molecule has 0 unspecified atom stereocenters. The summed E-state index contributed by atoms with van der Waals surface area (Å²) < 4.78 is 1.59. The lowest BCUT2D eigenvalue weighted by molar-refractivity contribution is -0.119. The Balaban J connectivity index is 1.43. The zero-order valence-electron chi connectivity index (χ0n) is 15.8. The van der Waals surface area contributed by atoms with Crippen molar-refractivity contribution in [2.75, 3.05) is 5.32 Å². The Morgan fingerprint density at radius 1 is 1.23 bits per heavy atom. The van der Waals surface area contributed by atoms with Gasteiger partial charge in [-0.2, -0.15) is 5.10 Å². The van der Waals surface area contributed by atoms with Gasteiger partial charge in [0.25, 0.3) is 5.91 Å². The molecule has 4 rings (SSSR count). The van der Waals surface area contributed by atoms with Gasteiger partial charge in [-0.1, -0.05) is 17.7 Å². The molecule has 0 saturated carbocycles. The predicted octanol–water partition coefficient (Wildman–Crippen LogP) is 4.60. The molecule has 0 aliphatic rings. The SMILES string of the molecule is CC(=O)NCc1ccc(-c2csc(NC(=O)c3cnn(-c4cccc(Cl)c4)c3)n2)s1. The Bertz CT molecular complexity index is 1210. The lowest BCUT2D eigenvalue weighted by Crippen LogP contribution is -2.17. The summed E-state index contributed by atoms with van der Waals surface area (Å²) in [5, 5.41) is 12.8. The van der Waals surface area contributed by atoms with Gasteiger partial charge in [-0.05, 0) is 30.3 Å². The highest BCUT2D eigenvalue weighted by Gasteiger charge is 2.13. The third kappa shape index (κ3) is 4.76. The molecular weight excluding hydrogens is 442 g/mol. The first kappa shape index (κ1) is 20.3. The fraction of sp³-hybridized carbons (Fsp3) is 0.100. The summed E-state index contributed by atoms with van der Waals surface area (Å²) in [6, 6.07) is 11.1. The number of benzene rings is 1. The van der Waals surface area contributed by atoms with Crippen LogP contribution >= 0.6 is 34.3 Å². The monoisotopic (exact) mass is 457 g/mol. The standard InChI is InChI=1S/C20H16ClN5O2S2/c1-12(27)22-9-16-5-6-18(30-16)17-11-29-20(24-17)25-19(28)13-8-23-26(10-13)15-4-2-3-14(21)7-15/h2-8,10-11H,9H2,1H3,(H,22,27)(H,24,25,28). The number of amides is 2. The van der Waals surface area contributed by atoms with Gasteiger partial charge >= 0.3 is 0 Å². The Morgan fingerprint density at radius 2 is 2.10 bits per heavy atom. The van der Waals surface area contributed by atoms with E-state index in [1.54, 1.807) is 34.3 Å². The summed E-state index contributed by atoms with van der Waals surface area (Å²) in [6.07, 6.45) is 3.14. The van der Waals surface area contributed by atoms with E-state index in [1.165, 1.54) is 24.5 Å². The lowest BCUT2D eigenvalue weighted by atomic mass is 10.3. The van der Waals surface area contributed by atoms with Crippen molar-refractivity contribution in [2.45, 2.75) is 13.5 Å². The number of nitrogens with zero attached hydrogens (tertiary/aromatic N) is 3. The second-order valence-corrected chi connectivity index (χ2v) is 8.78. The van der Waals surface area contributed by atoms with E-state index in [0.717, 1.165) is 21.1 Å². The Hall–Kier alpha value is -3.01. The number of halogens is 1. The largest absolute Gasteiger partial charge is 0.351 e. The van der Waals surface area contributed by atoms with Gasteiger partial charge in [-0.3, -0.25) is 14.9 Å². The fourth-order valence-corrected chi connectivity index (χ4v) is 4.51. The molecule has 0 radical (unpaired) electrons. The third-order valence-corrected chi connectivity index (χ3v) is 6.17. The number of hydrogen-bond donors (Lipinski definition) is 2. The molecule has 0 atom stereocenters. The summed E-state index contributed by atoms with van der Waals surface area (Å²) >= 11 is 8.91. The van der Waals surface area contributed by atoms with E-state index in [1.807, 2.05) is 29.6 Å². The number of hydrogen-bond acceptors (Lipinski definition) is 6. The van der Waals surface area contributed by atoms with Crippen LogP contribution in [0.3, 0.4) is 0 Å². The van der Waals surface area contributed by atoms with Crippen molar-refractivity contribution >= 4 is 51.2 Å². The van der Waals surface area contributed by atoms with Crippen LogP contribution in [0.4, 0.5) is 5.13 Å². The van der Waals surface area contributed by atoms with Crippen LogP contribution in [0, 0.1) is 0 Å². The molecule has 0 aliphatic heterocycles. The van der Waals surface area contributed by atoms with Gasteiger partial charge in [0.1, 0.15) is 0 Å². The molecule has 30 heavy (non-hydrogen) atoms. The summed E-state index contributed by atoms with van der Waals surface area (Å²) in [5.74, 6) is -0.357. The molecule has 4 aromatic rings. The Kier molecular flexibility index (Phi) is 5.93. The molecule has 0 fully saturated rings. The van der Waals surface area contributed by atoms with Crippen LogP contribution in [0.1, 0.15) is 22.2 Å². The summed E-state index contributed by atoms with van der Waals surface area (Å²) in [6.45, 7) is 1.98. The quantitative estimate of drug-likeness (QED) is 0.443. The van der Waals surface area contributed by atoms with E-state index < -0.39 is 0 Å². The smallest absolute Gasteiger partial charge is 0.260 e. The predicted molar refractivity (Wildman–Crippen MR) is 119 cm³/mol. The van der Waals surface area contributed by atoms with Crippen molar-refractivity contribution in [1.29, 1.82) is 0 Å². The maximum Gasteiger partial charge on any atom is 0.260 e. The number of carbonyl (C=O) groups is 2. The van der Waals surface area contributed by atoms with Gasteiger partial charge < -0.3 is 5.32 Å². The molecule has 2 amide bonds. The topological polar surface area (TPSA) is 88.9 Å². The van der Waals surface area contributed by atoms with Crippen molar-refractivity contribution in [3.8, 4) is 16.3 Å². The van der Waals surface area contributed by atoms with Gasteiger partial charge in [0, 0.05) is 28.4 Å². The number of thiophene rings is 1. The van der Waals surface area contributed by atoms with E-state index in [2.05, 4.69) is 20.7 Å². The highest BCUT2D eigenvalue weighted by atomic mass is 35.5. The minimum Gasteiger partial charge on any atom is -0.351 e. The van der Waals surface area contributed by atoms with Crippen LogP contribution in [0.2, 0.25) is 5.02 Å². The first-order chi connectivity index (χ1) is 14.5. The minimum atomic E-state index is -0.290. The first-order valence-corrected chi connectivity index (χ1v) is 11.0. The maximum atomic E-state index is 12.6. The molecule has 7 nitrogen and oxygen atoms in total. The van der Waals surface area contributed by atoms with Gasteiger partial charge in [-0.25, -0.2) is 9.67 Å². The zero-order valence-corrected chi connectivity index (χ0v) is 18.1. The normalized spacial score (nSPS) is 10.7. The molecule has 0 bridgehead atoms. The maximum absolute atomic E-state index is 12.6. The Morgan fingerprint density at radius 3 is 2.90 bits per heavy atom. The van der Waals surface area contributed by atoms with Gasteiger partial charge in [0.2, 0.25) is 5.91 Å². The second-order valence-electron chi connectivity index (χ2n) is 6.32. The van der Waals surface area contributed by atoms with Crippen LogP contribution in [-0.4, -0.2) is 26.6 Å². The first-order valence-electron chi connectivity index (χ1n) is 8.89. The average molecular weight is 458 g/mol. The van der Waals surface area contributed by atoms with Gasteiger partial charge in [0.15, 0.2) is 5.13 Å². The third-order valence-electron chi connectivity index (χ3n) is 4.07. The molecule has 0 saturated heterocycles. The average Bonchev–Trinajstić information content (AvgIpc) is 3.46. The minimum absolute atomic E-state index is 0.0673. The number of thiazole rings is 1. The number of aromatic nitrogens is 3. The molecular formula is C20H16ClN5O2S2. The van der Waals surface area contributed by atoms with Crippen LogP contribution in [0.15, 0.2) is 54.2 Å². The van der Waals surface area contributed by atoms with E-state index in [9.17, 15) is 9.59 Å². The molecule has 152 valence electrons. The van der Waals surface area contributed by atoms with E-state index in [4.69, 9.17) is 11.6 Å². The summed E-state index contributed by atoms with van der Waals surface area (Å²) in [7, 11) is 0. The van der Waals surface area contributed by atoms with E-state index in [-0.39, 0.29) is 11.8 Å². The fourth-order valence-electron chi connectivity index (χ4n) is 2.64. The molecule has 0 spiro atoms. The van der Waals surface area contributed by atoms with Crippen LogP contribution in [-0.2, 0) is 11.3 Å². The van der Waals surface area contributed by atoms with Crippen LogP contribution < -0.4 is 10.6 Å². The van der Waals surface area contributed by atoms with Gasteiger partial charge in [-0.15, -0.1) is 22.7 Å². The van der Waals surface area contributed by atoms with Crippen LogP contribution in [0.5, 0.6) is 0 Å². The molecule has 10 heteroatoms. The Labute approximate surface area is 185 Å². The van der Waals surface area contributed by atoms with Crippen molar-refractivity contribution in [2.24, 2.45) is 0 Å². The molecule has 3 heterocycles. The molecule has 3 aromatic heterocycles. The molecule has 1 aromatic carbocycles. The van der Waals surface area contributed by atoms with E-state index in [0.29, 0.717) is 22.3 Å². The molecule has 2 N–H and O–H groups in total. The number of nitrogens with one attached hydrogen (secondary N) is 2. The second kappa shape index (κ2) is 8.78. The lowest BCUT2D eigenvalue weighted by Gasteiger charge is -2.01. The van der Waals surface area contributed by atoms with Crippen molar-refractivity contribution in [3.63, 3.8) is 0 Å². The number of anilines is 1. The van der Waals surface area contributed by atoms with Crippen molar-refractivity contribution in [3.05, 3.63) is 69.6 Å². The summed E-state index contributed by atoms with van der Waals surface area (Å²) in [4.78, 5) is 30.1. The van der Waals surface area contributed by atoms with Crippen LogP contribution in [0.25, 0.3) is 16.3 Å². The van der Waals surface area contributed by atoms with Crippen molar-refractivity contribution < 1.29 is 9.59 Å². The van der Waals surface area contributed by atoms with Gasteiger partial charge in [0.05, 0.1) is 34.6 Å². The highest BCUT2D eigenvalue weighted by molar-refractivity contribution is 7.17. The summed E-state index contributed by atoms with van der Waals surface area (Å²) in [5.41, 5.74) is 1.97. The molecule has 0 aliphatic carbocycles. The van der Waals surface area contributed by atoms with Crippen molar-refractivity contribution in [1.82, 2.24) is 20.1 Å².